The van der Waals surface area contributed by atoms with Crippen LogP contribution in [0.25, 0.3) is 10.8 Å². The molecule has 0 saturated carbocycles. The third-order valence-electron chi connectivity index (χ3n) is 2.42. The molecule has 0 bridgehead atoms. The first-order chi connectivity index (χ1) is 8.26. The molecule has 0 saturated heterocycles. The second-order valence-corrected chi connectivity index (χ2v) is 3.44. The lowest BCUT2D eigenvalue weighted by Gasteiger charge is -2.07. The molecule has 0 aliphatic heterocycles. The fourth-order valence-corrected chi connectivity index (χ4v) is 1.64. The number of carbonyl (C=O) groups excluding carboxylic acids is 2. The predicted molar refractivity (Wildman–Crippen MR) is 65.2 cm³/mol. The van der Waals surface area contributed by atoms with Crippen molar-refractivity contribution >= 4 is 23.0 Å². The monoisotopic (exact) mass is 226 g/mol. The van der Waals surface area contributed by atoms with Gasteiger partial charge in [-0.05, 0) is 17.5 Å². The van der Waals surface area contributed by atoms with Gasteiger partial charge in [-0.2, -0.15) is 0 Å². The highest BCUT2D eigenvalue weighted by molar-refractivity contribution is 6.02. The first-order valence-corrected chi connectivity index (χ1v) is 5.07. The van der Waals surface area contributed by atoms with E-state index in [2.05, 4.69) is 6.58 Å². The number of benzene rings is 2. The summed E-state index contributed by atoms with van der Waals surface area (Å²) in [5, 5.41) is 1.49. The van der Waals surface area contributed by atoms with Crippen molar-refractivity contribution in [2.24, 2.45) is 0 Å². The van der Waals surface area contributed by atoms with E-state index in [1.54, 1.807) is 18.2 Å². The van der Waals surface area contributed by atoms with E-state index in [9.17, 15) is 9.59 Å². The summed E-state index contributed by atoms with van der Waals surface area (Å²) in [5.41, 5.74) is 0.569. The highest BCUT2D eigenvalue weighted by Crippen LogP contribution is 2.27. The summed E-state index contributed by atoms with van der Waals surface area (Å²) in [7, 11) is 0. The molecule has 0 fully saturated rings. The molecular weight excluding hydrogens is 216 g/mol. The first-order valence-electron chi connectivity index (χ1n) is 5.07. The Balaban J connectivity index is 2.62. The summed E-state index contributed by atoms with van der Waals surface area (Å²) >= 11 is 0. The smallest absolute Gasteiger partial charge is 0.335 e. The average Bonchev–Trinajstić information content (AvgIpc) is 2.39. The van der Waals surface area contributed by atoms with Crippen LogP contribution >= 0.6 is 0 Å². The minimum atomic E-state index is -0.519. The molecule has 0 heterocycles. The topological polar surface area (TPSA) is 43.4 Å². The maximum atomic E-state index is 11.2. The van der Waals surface area contributed by atoms with Crippen molar-refractivity contribution in [3.05, 3.63) is 54.6 Å². The van der Waals surface area contributed by atoms with Crippen LogP contribution in [-0.2, 0) is 4.79 Å². The molecule has 0 aliphatic carbocycles. The molecule has 3 nitrogen and oxygen atoms in total. The molecule has 17 heavy (non-hydrogen) atoms. The van der Waals surface area contributed by atoms with Gasteiger partial charge in [0.25, 0.3) is 0 Å². The van der Waals surface area contributed by atoms with E-state index in [1.165, 1.54) is 0 Å². The van der Waals surface area contributed by atoms with Gasteiger partial charge in [-0.1, -0.05) is 30.8 Å². The number of ether oxygens (including phenoxy) is 1. The molecule has 2 aromatic rings. The molecule has 0 N–H and O–H groups in total. The Hall–Kier alpha value is -2.42. The molecule has 0 aromatic heterocycles. The van der Waals surface area contributed by atoms with Crippen LogP contribution < -0.4 is 4.74 Å². The molecule has 0 radical (unpaired) electrons. The van der Waals surface area contributed by atoms with Crippen molar-refractivity contribution < 1.29 is 14.3 Å². The first kappa shape index (κ1) is 11.1. The van der Waals surface area contributed by atoms with E-state index in [0.29, 0.717) is 11.3 Å². The maximum Gasteiger partial charge on any atom is 0.335 e. The molecule has 3 heteroatoms. The summed E-state index contributed by atoms with van der Waals surface area (Å²) in [6, 6.07) is 10.5. The van der Waals surface area contributed by atoms with Crippen LogP contribution in [0.5, 0.6) is 5.75 Å². The third kappa shape index (κ3) is 2.08. The van der Waals surface area contributed by atoms with Crippen molar-refractivity contribution in [2.45, 2.75) is 0 Å². The van der Waals surface area contributed by atoms with Crippen molar-refractivity contribution in [1.82, 2.24) is 0 Å². The Kier molecular flexibility index (Phi) is 3.01. The normalized spacial score (nSPS) is 9.88. The Morgan fingerprint density at radius 2 is 1.82 bits per heavy atom. The Labute approximate surface area is 98.3 Å². The lowest BCUT2D eigenvalue weighted by molar-refractivity contribution is -0.128. The standard InChI is InChI=1S/C14H10O3/c1-2-14(16)17-13-8-7-10(9-15)11-5-3-4-6-12(11)13/h2-9H,1H2. The summed E-state index contributed by atoms with van der Waals surface area (Å²) in [4.78, 5) is 22.1. The van der Waals surface area contributed by atoms with Gasteiger partial charge in [-0.25, -0.2) is 4.79 Å². The molecule has 0 aliphatic rings. The van der Waals surface area contributed by atoms with E-state index >= 15 is 0 Å². The van der Waals surface area contributed by atoms with E-state index in [4.69, 9.17) is 4.74 Å². The van der Waals surface area contributed by atoms with Gasteiger partial charge in [0.05, 0.1) is 0 Å². The molecular formula is C14H10O3. The van der Waals surface area contributed by atoms with E-state index in [1.807, 2.05) is 18.2 Å². The Morgan fingerprint density at radius 3 is 2.47 bits per heavy atom. The SMILES string of the molecule is C=CC(=O)Oc1ccc(C=O)c2ccccc12. The fourth-order valence-electron chi connectivity index (χ4n) is 1.64. The van der Waals surface area contributed by atoms with Crippen LogP contribution in [0.4, 0.5) is 0 Å². The zero-order valence-electron chi connectivity index (χ0n) is 9.05. The van der Waals surface area contributed by atoms with Gasteiger partial charge >= 0.3 is 5.97 Å². The summed E-state index contributed by atoms with van der Waals surface area (Å²) < 4.78 is 5.10. The molecule has 84 valence electrons. The molecule has 0 spiro atoms. The summed E-state index contributed by atoms with van der Waals surface area (Å²) in [6.45, 7) is 3.34. The minimum absolute atomic E-state index is 0.427. The van der Waals surface area contributed by atoms with E-state index in [-0.39, 0.29) is 0 Å². The van der Waals surface area contributed by atoms with Crippen molar-refractivity contribution in [3.8, 4) is 5.75 Å². The molecule has 0 atom stereocenters. The second kappa shape index (κ2) is 4.61. The lowest BCUT2D eigenvalue weighted by Crippen LogP contribution is -2.03. The number of hydrogen-bond acceptors (Lipinski definition) is 3. The zero-order valence-corrected chi connectivity index (χ0v) is 9.05. The zero-order chi connectivity index (χ0) is 12.3. The number of hydrogen-bond donors (Lipinski definition) is 0. The molecule has 0 amide bonds. The number of aldehydes is 1. The van der Waals surface area contributed by atoms with E-state index < -0.39 is 5.97 Å². The van der Waals surface area contributed by atoms with Crippen molar-refractivity contribution in [3.63, 3.8) is 0 Å². The largest absolute Gasteiger partial charge is 0.423 e. The van der Waals surface area contributed by atoms with Crippen LogP contribution in [0, 0.1) is 0 Å². The van der Waals surface area contributed by atoms with Gasteiger partial charge in [0.2, 0.25) is 0 Å². The number of rotatable bonds is 3. The van der Waals surface area contributed by atoms with Gasteiger partial charge in [-0.15, -0.1) is 0 Å². The summed E-state index contributed by atoms with van der Waals surface area (Å²) in [5.74, 6) is -0.0925. The van der Waals surface area contributed by atoms with Crippen LogP contribution in [-0.4, -0.2) is 12.3 Å². The van der Waals surface area contributed by atoms with Crippen molar-refractivity contribution in [1.29, 1.82) is 0 Å². The highest BCUT2D eigenvalue weighted by Gasteiger charge is 2.08. The Bertz CT molecular complexity index is 599. The predicted octanol–water partition coefficient (Wildman–Crippen LogP) is 2.74. The van der Waals surface area contributed by atoms with Crippen LogP contribution in [0.1, 0.15) is 10.4 Å². The average molecular weight is 226 g/mol. The minimum Gasteiger partial charge on any atom is -0.423 e. The van der Waals surface area contributed by atoms with Crippen LogP contribution in [0.15, 0.2) is 49.1 Å². The lowest BCUT2D eigenvalue weighted by atomic mass is 10.0. The quantitative estimate of drug-likeness (QED) is 0.350. The van der Waals surface area contributed by atoms with Gasteiger partial charge in [-0.3, -0.25) is 4.79 Å². The van der Waals surface area contributed by atoms with Crippen LogP contribution in [0.3, 0.4) is 0 Å². The van der Waals surface area contributed by atoms with Crippen molar-refractivity contribution in [2.75, 3.05) is 0 Å². The molecule has 2 aromatic carbocycles. The van der Waals surface area contributed by atoms with Gasteiger partial charge in [0.15, 0.2) is 6.29 Å². The molecule has 2 rings (SSSR count). The molecule has 0 unspecified atom stereocenters. The maximum absolute atomic E-state index is 11.2. The second-order valence-electron chi connectivity index (χ2n) is 3.44. The van der Waals surface area contributed by atoms with Gasteiger partial charge < -0.3 is 4.74 Å². The van der Waals surface area contributed by atoms with Crippen LogP contribution in [0.2, 0.25) is 0 Å². The number of carbonyl (C=O) groups is 2. The Morgan fingerprint density at radius 1 is 1.12 bits per heavy atom. The van der Waals surface area contributed by atoms with E-state index in [0.717, 1.165) is 23.1 Å². The number of fused-ring (bicyclic) bond motifs is 1. The van der Waals surface area contributed by atoms with Gasteiger partial charge in [0, 0.05) is 17.0 Å². The number of esters is 1. The highest BCUT2D eigenvalue weighted by atomic mass is 16.5. The summed E-state index contributed by atoms with van der Waals surface area (Å²) in [6.07, 6.45) is 1.88. The fraction of sp³-hybridized carbons (Fsp3) is 0. The third-order valence-corrected chi connectivity index (χ3v) is 2.42. The van der Waals surface area contributed by atoms with Gasteiger partial charge in [0.1, 0.15) is 5.75 Å².